The van der Waals surface area contributed by atoms with Crippen molar-refractivity contribution in [3.05, 3.63) is 28.5 Å². The first-order chi connectivity index (χ1) is 7.56. The third-order valence-corrected chi connectivity index (χ3v) is 2.76. The highest BCUT2D eigenvalue weighted by Gasteiger charge is 2.12. The van der Waals surface area contributed by atoms with Gasteiger partial charge in [-0.05, 0) is 45.6 Å². The molecule has 0 atom stereocenters. The number of nitrogens with zero attached hydrogens (tertiary/aromatic N) is 1. The van der Waals surface area contributed by atoms with E-state index in [4.69, 9.17) is 16.3 Å². The minimum Gasteiger partial charge on any atom is -0.494 e. The number of benzene rings is 1. The lowest BCUT2D eigenvalue weighted by Gasteiger charge is -2.12. The molecular formula is C12H17ClFNO. The molecule has 4 heteroatoms. The van der Waals surface area contributed by atoms with E-state index in [1.54, 1.807) is 12.1 Å². The Morgan fingerprint density at radius 2 is 2.06 bits per heavy atom. The fraction of sp³-hybridized carbons (Fsp3) is 0.500. The highest BCUT2D eigenvalue weighted by atomic mass is 35.5. The summed E-state index contributed by atoms with van der Waals surface area (Å²) in [6, 6.07) is 3.22. The summed E-state index contributed by atoms with van der Waals surface area (Å²) in [5.74, 6) is -0.0852. The van der Waals surface area contributed by atoms with Crippen LogP contribution in [0.1, 0.15) is 12.0 Å². The molecule has 0 amide bonds. The van der Waals surface area contributed by atoms with Gasteiger partial charge in [-0.2, -0.15) is 0 Å². The Labute approximate surface area is 101 Å². The summed E-state index contributed by atoms with van der Waals surface area (Å²) >= 11 is 5.96. The number of hydrogen-bond acceptors (Lipinski definition) is 2. The van der Waals surface area contributed by atoms with E-state index in [2.05, 4.69) is 4.90 Å². The Hall–Kier alpha value is -0.800. The van der Waals surface area contributed by atoms with Gasteiger partial charge in [-0.25, -0.2) is 4.39 Å². The molecule has 0 fully saturated rings. The average molecular weight is 246 g/mol. The molecule has 0 aliphatic carbocycles. The summed E-state index contributed by atoms with van der Waals surface area (Å²) in [6.07, 6.45) is 1.50. The van der Waals surface area contributed by atoms with Crippen LogP contribution >= 0.6 is 11.6 Å². The van der Waals surface area contributed by atoms with Gasteiger partial charge in [-0.1, -0.05) is 11.6 Å². The predicted octanol–water partition coefficient (Wildman–Crippen LogP) is 2.98. The van der Waals surface area contributed by atoms with Crippen LogP contribution in [0.5, 0.6) is 5.75 Å². The maximum Gasteiger partial charge on any atom is 0.169 e. The standard InChI is InChI=1S/C12H17ClFNO/c1-15(2)8-4-5-9-10(13)6-7-11(16-3)12(9)14/h6-7H,4-5,8H2,1-3H3. The first-order valence-corrected chi connectivity index (χ1v) is 5.59. The van der Waals surface area contributed by atoms with Crippen molar-refractivity contribution in [2.75, 3.05) is 27.7 Å². The van der Waals surface area contributed by atoms with Gasteiger partial charge in [0.1, 0.15) is 0 Å². The molecule has 0 spiro atoms. The van der Waals surface area contributed by atoms with Crippen LogP contribution in [0, 0.1) is 5.82 Å². The zero-order valence-electron chi connectivity index (χ0n) is 9.89. The number of rotatable bonds is 5. The topological polar surface area (TPSA) is 12.5 Å². The van der Waals surface area contributed by atoms with Gasteiger partial charge in [-0.3, -0.25) is 0 Å². The fourth-order valence-electron chi connectivity index (χ4n) is 1.54. The van der Waals surface area contributed by atoms with Gasteiger partial charge < -0.3 is 9.64 Å². The maximum atomic E-state index is 13.8. The summed E-state index contributed by atoms with van der Waals surface area (Å²) in [6.45, 7) is 0.910. The summed E-state index contributed by atoms with van der Waals surface area (Å²) in [4.78, 5) is 2.06. The van der Waals surface area contributed by atoms with E-state index >= 15 is 0 Å². The highest BCUT2D eigenvalue weighted by Crippen LogP contribution is 2.28. The predicted molar refractivity (Wildman–Crippen MR) is 64.8 cm³/mol. The van der Waals surface area contributed by atoms with Crippen molar-refractivity contribution in [3.63, 3.8) is 0 Å². The van der Waals surface area contributed by atoms with Crippen LogP contribution in [-0.4, -0.2) is 32.6 Å². The van der Waals surface area contributed by atoms with Crippen LogP contribution in [0.3, 0.4) is 0 Å². The van der Waals surface area contributed by atoms with Crippen LogP contribution in [0.25, 0.3) is 0 Å². The molecule has 1 rings (SSSR count). The molecule has 0 heterocycles. The Balaban J connectivity index is 2.77. The molecule has 0 saturated carbocycles. The average Bonchev–Trinajstić information content (AvgIpc) is 2.23. The van der Waals surface area contributed by atoms with Crippen molar-refractivity contribution >= 4 is 11.6 Å². The number of methoxy groups -OCH3 is 1. The van der Waals surface area contributed by atoms with Crippen molar-refractivity contribution in [2.45, 2.75) is 12.8 Å². The lowest BCUT2D eigenvalue weighted by Crippen LogP contribution is -2.13. The van der Waals surface area contributed by atoms with E-state index in [1.807, 2.05) is 14.1 Å². The second-order valence-electron chi connectivity index (χ2n) is 3.95. The van der Waals surface area contributed by atoms with Crippen molar-refractivity contribution in [1.29, 1.82) is 0 Å². The molecule has 0 aliphatic heterocycles. The molecule has 0 N–H and O–H groups in total. The second kappa shape index (κ2) is 6.06. The van der Waals surface area contributed by atoms with Gasteiger partial charge in [0.2, 0.25) is 0 Å². The number of halogens is 2. The quantitative estimate of drug-likeness (QED) is 0.791. The van der Waals surface area contributed by atoms with E-state index in [-0.39, 0.29) is 11.6 Å². The first-order valence-electron chi connectivity index (χ1n) is 5.22. The smallest absolute Gasteiger partial charge is 0.169 e. The van der Waals surface area contributed by atoms with Gasteiger partial charge in [0.05, 0.1) is 7.11 Å². The van der Waals surface area contributed by atoms with Gasteiger partial charge in [0.15, 0.2) is 11.6 Å². The van der Waals surface area contributed by atoms with Crippen molar-refractivity contribution < 1.29 is 9.13 Å². The van der Waals surface area contributed by atoms with E-state index in [9.17, 15) is 4.39 Å². The molecule has 1 aromatic carbocycles. The zero-order valence-corrected chi connectivity index (χ0v) is 10.6. The van der Waals surface area contributed by atoms with Crippen LogP contribution in [0.2, 0.25) is 5.02 Å². The third kappa shape index (κ3) is 3.35. The minimum absolute atomic E-state index is 0.254. The molecule has 0 unspecified atom stereocenters. The summed E-state index contributed by atoms with van der Waals surface area (Å²) in [5.41, 5.74) is 0.544. The van der Waals surface area contributed by atoms with Gasteiger partial charge >= 0.3 is 0 Å². The molecule has 0 aromatic heterocycles. The number of hydrogen-bond donors (Lipinski definition) is 0. The molecule has 1 aromatic rings. The third-order valence-electron chi connectivity index (χ3n) is 2.40. The fourth-order valence-corrected chi connectivity index (χ4v) is 1.78. The zero-order chi connectivity index (χ0) is 12.1. The van der Waals surface area contributed by atoms with Crippen molar-refractivity contribution in [3.8, 4) is 5.75 Å². The SMILES string of the molecule is COc1ccc(Cl)c(CCCN(C)C)c1F. The van der Waals surface area contributed by atoms with Crippen LogP contribution in [0.15, 0.2) is 12.1 Å². The Bertz CT molecular complexity index is 355. The molecule has 0 aliphatic rings. The first kappa shape index (κ1) is 13.3. The minimum atomic E-state index is -0.339. The normalized spacial score (nSPS) is 10.9. The molecule has 0 bridgehead atoms. The van der Waals surface area contributed by atoms with Crippen LogP contribution in [-0.2, 0) is 6.42 Å². The highest BCUT2D eigenvalue weighted by molar-refractivity contribution is 6.31. The van der Waals surface area contributed by atoms with Crippen molar-refractivity contribution in [1.82, 2.24) is 4.90 Å². The van der Waals surface area contributed by atoms with Gasteiger partial charge in [0.25, 0.3) is 0 Å². The van der Waals surface area contributed by atoms with Crippen LogP contribution < -0.4 is 4.74 Å². The molecule has 90 valence electrons. The van der Waals surface area contributed by atoms with Gasteiger partial charge in [0, 0.05) is 10.6 Å². The summed E-state index contributed by atoms with van der Waals surface area (Å²) in [7, 11) is 5.43. The van der Waals surface area contributed by atoms with E-state index in [0.717, 1.165) is 13.0 Å². The van der Waals surface area contributed by atoms with Gasteiger partial charge in [-0.15, -0.1) is 0 Å². The van der Waals surface area contributed by atoms with E-state index in [0.29, 0.717) is 17.0 Å². The Morgan fingerprint density at radius 1 is 1.38 bits per heavy atom. The summed E-state index contributed by atoms with van der Waals surface area (Å²) in [5, 5.41) is 0.469. The largest absolute Gasteiger partial charge is 0.494 e. The lowest BCUT2D eigenvalue weighted by atomic mass is 10.1. The van der Waals surface area contributed by atoms with Crippen molar-refractivity contribution in [2.24, 2.45) is 0 Å². The Kier molecular flexibility index (Phi) is 5.03. The maximum absolute atomic E-state index is 13.8. The van der Waals surface area contributed by atoms with E-state index < -0.39 is 0 Å². The molecule has 0 radical (unpaired) electrons. The lowest BCUT2D eigenvalue weighted by molar-refractivity contribution is 0.380. The Morgan fingerprint density at radius 3 is 2.62 bits per heavy atom. The van der Waals surface area contributed by atoms with Crippen LogP contribution in [0.4, 0.5) is 4.39 Å². The second-order valence-corrected chi connectivity index (χ2v) is 4.36. The molecular weight excluding hydrogens is 229 g/mol. The van der Waals surface area contributed by atoms with E-state index in [1.165, 1.54) is 7.11 Å². The summed E-state index contributed by atoms with van der Waals surface area (Å²) < 4.78 is 18.8. The molecule has 16 heavy (non-hydrogen) atoms. The monoisotopic (exact) mass is 245 g/mol. The molecule has 2 nitrogen and oxygen atoms in total. The number of ether oxygens (including phenoxy) is 1. The molecule has 0 saturated heterocycles.